The average molecular weight is 983 g/mol. The summed E-state index contributed by atoms with van der Waals surface area (Å²) in [7, 11) is 0. The van der Waals surface area contributed by atoms with Crippen LogP contribution in [-0.2, 0) is 47.5 Å². The van der Waals surface area contributed by atoms with Crippen molar-refractivity contribution < 1.29 is 77.2 Å². The van der Waals surface area contributed by atoms with Gasteiger partial charge in [0.15, 0.2) is 23.6 Å². The standard InChI is InChI=1S/C46H54Cl3NO16/c1-23-27(62-38(56)32(53)31(25-15-11-9-12-16-25)50-39(57)66-41(3,4)5)20-45(59)36(64-37(55)26-17-13-10-14-18-26)34-43(8,28(52)19-29-44(34,21-60-29)65-24(2)51)35(54)33(30(23)42(45,6)7)63-40(58)61-22-46(47,48)49/h9-18,27-29,31-34,36,52-53,59H,19-22H2,1-8H3,(H,50,57)/t27-,28-,29+,31-,32+,33+,34-,36-,43+,44-,45+/m0/s1. The van der Waals surface area contributed by atoms with E-state index in [2.05, 4.69) is 5.32 Å². The predicted octanol–water partition coefficient (Wildman–Crippen LogP) is 5.79. The Morgan fingerprint density at radius 2 is 1.55 bits per heavy atom. The van der Waals surface area contributed by atoms with E-state index in [-0.39, 0.29) is 35.3 Å². The number of ether oxygens (including phenoxy) is 7. The van der Waals surface area contributed by atoms with Gasteiger partial charge in [0, 0.05) is 25.2 Å². The topological polar surface area (TPSA) is 240 Å². The SMILES string of the molecule is CC(=O)O[C@@]12CO[C@@H]1C[C@H](O)[C@@]1(C)C(=O)[C@H](OC(=O)OCC(Cl)(Cl)Cl)C3=C(C)[C@@H](OC(=O)[C@H](O)[C@@H](NC(=O)OC(C)(C)C)c4ccccc4)C[C@@](O)([C@@H](OC(=O)c4ccccc4)[C@H]21)C3(C)C. The summed E-state index contributed by atoms with van der Waals surface area (Å²) in [5.74, 6) is -5.85. The summed E-state index contributed by atoms with van der Waals surface area (Å²) in [4.78, 5) is 84.2. The molecule has 0 aromatic heterocycles. The number of halogens is 3. The van der Waals surface area contributed by atoms with Crippen LogP contribution in [0.4, 0.5) is 9.59 Å². The number of carbonyl (C=O) groups excluding carboxylic acids is 6. The van der Waals surface area contributed by atoms with Crippen molar-refractivity contribution in [3.05, 3.63) is 82.9 Å². The summed E-state index contributed by atoms with van der Waals surface area (Å²) >= 11 is 17.6. The van der Waals surface area contributed by atoms with E-state index in [1.807, 2.05) is 0 Å². The van der Waals surface area contributed by atoms with Gasteiger partial charge in [0.25, 0.3) is 0 Å². The van der Waals surface area contributed by atoms with Gasteiger partial charge in [-0.3, -0.25) is 9.59 Å². The predicted molar refractivity (Wildman–Crippen MR) is 234 cm³/mol. The number of alkyl halides is 3. The van der Waals surface area contributed by atoms with Crippen LogP contribution in [0.5, 0.6) is 0 Å². The number of Topliss-reactive ketones (excluding diaryl/α,β-unsaturated/α-hetero) is 1. The minimum Gasteiger partial charge on any atom is -0.456 e. The molecule has 1 saturated heterocycles. The van der Waals surface area contributed by atoms with Crippen molar-refractivity contribution in [1.82, 2.24) is 5.32 Å². The monoisotopic (exact) mass is 981 g/mol. The van der Waals surface area contributed by atoms with Crippen LogP contribution in [0.25, 0.3) is 0 Å². The lowest BCUT2D eigenvalue weighted by Crippen LogP contribution is -2.82. The fraction of sp³-hybridized carbons (Fsp3) is 0.565. The van der Waals surface area contributed by atoms with Gasteiger partial charge in [0.2, 0.25) is 3.79 Å². The van der Waals surface area contributed by atoms with Gasteiger partial charge >= 0.3 is 30.2 Å². The number of aliphatic hydroxyl groups excluding tert-OH is 2. The molecule has 2 aromatic rings. The Balaban J connectivity index is 1.56. The largest absolute Gasteiger partial charge is 0.509 e. The highest BCUT2D eigenvalue weighted by Gasteiger charge is 2.78. The van der Waals surface area contributed by atoms with E-state index in [0.717, 1.165) is 6.92 Å². The molecule has 20 heteroatoms. The first-order valence-electron chi connectivity index (χ1n) is 21.1. The minimum absolute atomic E-state index is 0.0181. The van der Waals surface area contributed by atoms with Crippen molar-refractivity contribution in [2.75, 3.05) is 13.2 Å². The molecule has 2 saturated carbocycles. The van der Waals surface area contributed by atoms with Crippen LogP contribution >= 0.6 is 34.8 Å². The molecule has 4 aliphatic rings. The van der Waals surface area contributed by atoms with Gasteiger partial charge < -0.3 is 53.8 Å². The molecule has 4 N–H and O–H groups in total. The number of nitrogens with one attached hydrogen (secondary N) is 1. The highest BCUT2D eigenvalue weighted by atomic mass is 35.6. The molecule has 17 nitrogen and oxygen atoms in total. The number of benzene rings is 2. The number of alkyl carbamates (subject to hydrolysis) is 1. The number of hydrogen-bond acceptors (Lipinski definition) is 16. The number of carbonyl (C=O) groups is 6. The van der Waals surface area contributed by atoms with Crippen LogP contribution in [0.3, 0.4) is 0 Å². The first kappa shape index (κ1) is 50.9. The lowest BCUT2D eigenvalue weighted by molar-refractivity contribution is -0.346. The molecule has 360 valence electrons. The van der Waals surface area contributed by atoms with Gasteiger partial charge in [-0.2, -0.15) is 0 Å². The maximum atomic E-state index is 15.7. The van der Waals surface area contributed by atoms with Crippen molar-refractivity contribution in [3.8, 4) is 0 Å². The maximum absolute atomic E-state index is 15.7. The van der Waals surface area contributed by atoms with Crippen molar-refractivity contribution in [3.63, 3.8) is 0 Å². The molecule has 1 aliphatic heterocycles. The van der Waals surface area contributed by atoms with Crippen molar-refractivity contribution in [2.45, 2.75) is 131 Å². The quantitative estimate of drug-likeness (QED) is 0.0954. The maximum Gasteiger partial charge on any atom is 0.509 e. The Morgan fingerprint density at radius 1 is 0.939 bits per heavy atom. The molecule has 6 rings (SSSR count). The molecule has 0 spiro atoms. The zero-order valence-corrected chi connectivity index (χ0v) is 39.8. The Bertz CT molecular complexity index is 2250. The number of rotatable bonds is 10. The van der Waals surface area contributed by atoms with Crippen LogP contribution in [0.15, 0.2) is 71.8 Å². The number of ketones is 1. The summed E-state index contributed by atoms with van der Waals surface area (Å²) < 4.78 is 38.6. The summed E-state index contributed by atoms with van der Waals surface area (Å²) in [6, 6.07) is 14.2. The highest BCUT2D eigenvalue weighted by molar-refractivity contribution is 6.67. The third-order valence-corrected chi connectivity index (χ3v) is 13.4. The lowest BCUT2D eigenvalue weighted by Gasteiger charge is -2.67. The number of fused-ring (bicyclic) bond motifs is 5. The summed E-state index contributed by atoms with van der Waals surface area (Å²) in [6.45, 7) is 10.5. The minimum atomic E-state index is -2.52. The van der Waals surface area contributed by atoms with Gasteiger partial charge in [-0.25, -0.2) is 19.2 Å². The third kappa shape index (κ3) is 9.62. The molecule has 1 heterocycles. The fourth-order valence-corrected chi connectivity index (χ4v) is 10.1. The molecule has 3 aliphatic carbocycles. The second-order valence-corrected chi connectivity index (χ2v) is 21.3. The zero-order valence-electron chi connectivity index (χ0n) is 37.5. The summed E-state index contributed by atoms with van der Waals surface area (Å²) in [5, 5.41) is 40.2. The zero-order chi connectivity index (χ0) is 48.9. The normalized spacial score (nSPS) is 31.2. The van der Waals surface area contributed by atoms with Crippen LogP contribution in [0.2, 0.25) is 0 Å². The Kier molecular flexibility index (Phi) is 14.3. The van der Waals surface area contributed by atoms with Crippen molar-refractivity contribution >= 4 is 70.7 Å². The molecule has 2 bridgehead atoms. The average Bonchev–Trinajstić information content (AvgIpc) is 3.22. The highest BCUT2D eigenvalue weighted by Crippen LogP contribution is 2.64. The van der Waals surface area contributed by atoms with Gasteiger partial charge in [0.1, 0.15) is 36.1 Å². The number of amides is 1. The Morgan fingerprint density at radius 3 is 2.09 bits per heavy atom. The second-order valence-electron chi connectivity index (χ2n) is 18.8. The van der Waals surface area contributed by atoms with E-state index in [1.54, 1.807) is 69.3 Å². The van der Waals surface area contributed by atoms with Gasteiger partial charge in [-0.1, -0.05) is 97.2 Å². The smallest absolute Gasteiger partial charge is 0.456 e. The number of aliphatic hydroxyl groups is 3. The van der Waals surface area contributed by atoms with Gasteiger partial charge in [-0.15, -0.1) is 0 Å². The Labute approximate surface area is 396 Å². The Hall–Kier alpha value is -4.49. The van der Waals surface area contributed by atoms with E-state index < -0.39 is 129 Å². The van der Waals surface area contributed by atoms with Crippen molar-refractivity contribution in [2.24, 2.45) is 16.7 Å². The van der Waals surface area contributed by atoms with Crippen LogP contribution in [-0.4, -0.2) is 122 Å². The molecule has 0 radical (unpaired) electrons. The molecule has 66 heavy (non-hydrogen) atoms. The molecule has 1 amide bonds. The summed E-state index contributed by atoms with van der Waals surface area (Å²) in [6.07, 6.45) is -14.0. The number of esters is 3. The van der Waals surface area contributed by atoms with Crippen LogP contribution in [0.1, 0.15) is 90.2 Å². The molecule has 2 aromatic carbocycles. The van der Waals surface area contributed by atoms with Gasteiger partial charge in [0.05, 0.1) is 35.6 Å². The molecular weight excluding hydrogens is 929 g/mol. The van der Waals surface area contributed by atoms with Crippen LogP contribution < -0.4 is 5.32 Å². The van der Waals surface area contributed by atoms with E-state index >= 15 is 4.79 Å². The molecular formula is C46H54Cl3NO16. The summed E-state index contributed by atoms with van der Waals surface area (Å²) in [5.41, 5.74) is -9.23. The van der Waals surface area contributed by atoms with E-state index in [4.69, 9.17) is 68.0 Å². The molecule has 11 atom stereocenters. The van der Waals surface area contributed by atoms with Crippen LogP contribution in [0, 0.1) is 16.7 Å². The van der Waals surface area contributed by atoms with E-state index in [1.165, 1.54) is 39.8 Å². The van der Waals surface area contributed by atoms with Gasteiger partial charge in [-0.05, 0) is 63.5 Å². The first-order chi connectivity index (χ1) is 30.6. The second kappa shape index (κ2) is 18.5. The van der Waals surface area contributed by atoms with Crippen molar-refractivity contribution in [1.29, 1.82) is 0 Å². The lowest BCUT2D eigenvalue weighted by atomic mass is 9.44. The van der Waals surface area contributed by atoms with E-state index in [9.17, 15) is 39.3 Å². The first-order valence-corrected chi connectivity index (χ1v) is 22.3. The third-order valence-electron chi connectivity index (χ3n) is 13.1. The molecule has 3 fully saturated rings. The molecule has 0 unspecified atom stereocenters. The number of hydrogen-bond donors (Lipinski definition) is 4. The fourth-order valence-electron chi connectivity index (χ4n) is 9.91. The van der Waals surface area contributed by atoms with E-state index in [0.29, 0.717) is 0 Å².